The first-order chi connectivity index (χ1) is 10.7. The molecule has 0 aromatic carbocycles. The highest BCUT2D eigenvalue weighted by Crippen LogP contribution is 2.17. The third-order valence-corrected chi connectivity index (χ3v) is 3.88. The zero-order chi connectivity index (χ0) is 15.4. The Morgan fingerprint density at radius 1 is 1.36 bits per heavy atom. The van der Waals surface area contributed by atoms with Crippen LogP contribution < -0.4 is 5.32 Å². The van der Waals surface area contributed by atoms with Crippen molar-refractivity contribution in [3.05, 3.63) is 36.3 Å². The second-order valence-corrected chi connectivity index (χ2v) is 5.56. The number of carbonyl (C=O) groups is 1. The average Bonchev–Trinajstić information content (AvgIpc) is 3.00. The number of hydrogen-bond donors (Lipinski definition) is 1. The van der Waals surface area contributed by atoms with Crippen LogP contribution in [0.5, 0.6) is 0 Å². The Bertz CT molecular complexity index is 630. The molecule has 0 aliphatic carbocycles. The third-order valence-electron chi connectivity index (χ3n) is 3.88. The van der Waals surface area contributed by atoms with E-state index in [1.54, 1.807) is 17.1 Å². The monoisotopic (exact) mass is 300 g/mol. The van der Waals surface area contributed by atoms with Crippen LogP contribution in [0.4, 0.5) is 0 Å². The Morgan fingerprint density at radius 3 is 2.82 bits per heavy atom. The van der Waals surface area contributed by atoms with Crippen LogP contribution in [0.1, 0.15) is 18.4 Å². The van der Waals surface area contributed by atoms with E-state index in [2.05, 4.69) is 15.4 Å². The van der Waals surface area contributed by atoms with Gasteiger partial charge in [-0.2, -0.15) is 5.10 Å². The number of pyridine rings is 1. The molecule has 1 aliphatic rings. The van der Waals surface area contributed by atoms with Gasteiger partial charge in [0.15, 0.2) is 0 Å². The standard InChI is InChI=1S/C16H20N4O2/c1-20-11-14(10-19-20)15-3-2-12(8-17-15)9-18-16(21)13-4-6-22-7-5-13/h2-3,8,10-11,13H,4-7,9H2,1H3,(H,18,21). The molecule has 0 saturated carbocycles. The molecule has 2 aromatic heterocycles. The molecule has 6 nitrogen and oxygen atoms in total. The summed E-state index contributed by atoms with van der Waals surface area (Å²) in [5, 5.41) is 7.12. The Kier molecular flexibility index (Phi) is 4.48. The molecule has 0 atom stereocenters. The van der Waals surface area contributed by atoms with Gasteiger partial charge in [0, 0.05) is 50.7 Å². The number of ether oxygens (including phenoxy) is 1. The summed E-state index contributed by atoms with van der Waals surface area (Å²) in [6.07, 6.45) is 7.13. The number of aryl methyl sites for hydroxylation is 1. The smallest absolute Gasteiger partial charge is 0.223 e. The highest BCUT2D eigenvalue weighted by molar-refractivity contribution is 5.78. The van der Waals surface area contributed by atoms with Crippen LogP contribution >= 0.6 is 0 Å². The van der Waals surface area contributed by atoms with Crippen LogP contribution in [0.3, 0.4) is 0 Å². The lowest BCUT2D eigenvalue weighted by Gasteiger charge is -2.21. The van der Waals surface area contributed by atoms with Gasteiger partial charge in [-0.3, -0.25) is 14.5 Å². The summed E-state index contributed by atoms with van der Waals surface area (Å²) in [7, 11) is 1.88. The van der Waals surface area contributed by atoms with E-state index in [4.69, 9.17) is 4.74 Å². The van der Waals surface area contributed by atoms with Crippen molar-refractivity contribution in [2.45, 2.75) is 19.4 Å². The van der Waals surface area contributed by atoms with E-state index in [-0.39, 0.29) is 11.8 Å². The maximum Gasteiger partial charge on any atom is 0.223 e. The summed E-state index contributed by atoms with van der Waals surface area (Å²) >= 11 is 0. The largest absolute Gasteiger partial charge is 0.381 e. The molecular weight excluding hydrogens is 280 g/mol. The molecule has 0 radical (unpaired) electrons. The van der Waals surface area contributed by atoms with Crippen LogP contribution in [-0.2, 0) is 23.1 Å². The lowest BCUT2D eigenvalue weighted by atomic mass is 9.99. The Balaban J connectivity index is 1.56. The van der Waals surface area contributed by atoms with Crippen LogP contribution in [0.15, 0.2) is 30.7 Å². The Morgan fingerprint density at radius 2 is 2.18 bits per heavy atom. The summed E-state index contributed by atoms with van der Waals surface area (Å²) in [5.41, 5.74) is 2.86. The third kappa shape index (κ3) is 3.51. The van der Waals surface area contributed by atoms with E-state index in [1.165, 1.54) is 0 Å². The van der Waals surface area contributed by atoms with Crippen LogP contribution in [0.2, 0.25) is 0 Å². The second kappa shape index (κ2) is 6.70. The van der Waals surface area contributed by atoms with Crippen LogP contribution in [-0.4, -0.2) is 33.9 Å². The zero-order valence-electron chi connectivity index (χ0n) is 12.7. The number of nitrogens with one attached hydrogen (secondary N) is 1. The van der Waals surface area contributed by atoms with E-state index in [0.717, 1.165) is 29.7 Å². The number of nitrogens with zero attached hydrogens (tertiary/aromatic N) is 3. The van der Waals surface area contributed by atoms with Crippen molar-refractivity contribution in [1.29, 1.82) is 0 Å². The molecule has 1 fully saturated rings. The van der Waals surface area contributed by atoms with Crippen molar-refractivity contribution in [2.75, 3.05) is 13.2 Å². The van der Waals surface area contributed by atoms with Gasteiger partial charge in [0.05, 0.1) is 11.9 Å². The molecule has 0 spiro atoms. The first-order valence-corrected chi connectivity index (χ1v) is 7.52. The first-order valence-electron chi connectivity index (χ1n) is 7.52. The number of hydrogen-bond acceptors (Lipinski definition) is 4. The van der Waals surface area contributed by atoms with Gasteiger partial charge in [-0.25, -0.2) is 0 Å². The van der Waals surface area contributed by atoms with Gasteiger partial charge in [0.2, 0.25) is 5.91 Å². The molecule has 0 unspecified atom stereocenters. The van der Waals surface area contributed by atoms with E-state index < -0.39 is 0 Å². The van der Waals surface area contributed by atoms with Gasteiger partial charge in [-0.1, -0.05) is 6.07 Å². The van der Waals surface area contributed by atoms with Gasteiger partial charge < -0.3 is 10.1 Å². The predicted octanol–water partition coefficient (Wildman–Crippen LogP) is 1.52. The quantitative estimate of drug-likeness (QED) is 0.929. The van der Waals surface area contributed by atoms with Gasteiger partial charge in [-0.05, 0) is 24.5 Å². The molecular formula is C16H20N4O2. The van der Waals surface area contributed by atoms with Crippen LogP contribution in [0, 0.1) is 5.92 Å². The van der Waals surface area contributed by atoms with Crippen molar-refractivity contribution in [3.8, 4) is 11.3 Å². The predicted molar refractivity (Wildman–Crippen MR) is 81.8 cm³/mol. The molecule has 1 amide bonds. The SMILES string of the molecule is Cn1cc(-c2ccc(CNC(=O)C3CCOCC3)cn2)cn1. The average molecular weight is 300 g/mol. The minimum absolute atomic E-state index is 0.0800. The first kappa shape index (κ1) is 14.7. The maximum absolute atomic E-state index is 12.1. The highest BCUT2D eigenvalue weighted by atomic mass is 16.5. The fourth-order valence-corrected chi connectivity index (χ4v) is 2.55. The summed E-state index contributed by atoms with van der Waals surface area (Å²) in [6, 6.07) is 3.94. The summed E-state index contributed by atoms with van der Waals surface area (Å²) < 4.78 is 7.02. The summed E-state index contributed by atoms with van der Waals surface area (Å²) in [4.78, 5) is 16.5. The number of carbonyl (C=O) groups excluding carboxylic acids is 1. The molecule has 1 aliphatic heterocycles. The molecule has 1 N–H and O–H groups in total. The zero-order valence-corrected chi connectivity index (χ0v) is 12.7. The van der Waals surface area contributed by atoms with E-state index in [0.29, 0.717) is 19.8 Å². The molecule has 6 heteroatoms. The van der Waals surface area contributed by atoms with Crippen molar-refractivity contribution < 1.29 is 9.53 Å². The molecule has 116 valence electrons. The van der Waals surface area contributed by atoms with Gasteiger partial charge in [0.25, 0.3) is 0 Å². The minimum Gasteiger partial charge on any atom is -0.381 e. The fraction of sp³-hybridized carbons (Fsp3) is 0.438. The molecule has 3 heterocycles. The van der Waals surface area contributed by atoms with Crippen molar-refractivity contribution in [3.63, 3.8) is 0 Å². The lowest BCUT2D eigenvalue weighted by molar-refractivity contribution is -0.128. The molecule has 22 heavy (non-hydrogen) atoms. The topological polar surface area (TPSA) is 69.0 Å². The highest BCUT2D eigenvalue weighted by Gasteiger charge is 2.21. The lowest BCUT2D eigenvalue weighted by Crippen LogP contribution is -2.33. The van der Waals surface area contributed by atoms with Gasteiger partial charge in [-0.15, -0.1) is 0 Å². The molecule has 2 aromatic rings. The summed E-state index contributed by atoms with van der Waals surface area (Å²) in [6.45, 7) is 1.87. The van der Waals surface area contributed by atoms with E-state index in [1.807, 2.05) is 25.4 Å². The normalized spacial score (nSPS) is 15.7. The van der Waals surface area contributed by atoms with Crippen molar-refractivity contribution >= 4 is 5.91 Å². The molecule has 1 saturated heterocycles. The molecule has 3 rings (SSSR count). The molecule has 0 bridgehead atoms. The number of rotatable bonds is 4. The van der Waals surface area contributed by atoms with E-state index in [9.17, 15) is 4.79 Å². The maximum atomic E-state index is 12.1. The Hall–Kier alpha value is -2.21. The summed E-state index contributed by atoms with van der Waals surface area (Å²) in [5.74, 6) is 0.191. The number of amides is 1. The second-order valence-electron chi connectivity index (χ2n) is 5.56. The number of aromatic nitrogens is 3. The van der Waals surface area contributed by atoms with Crippen molar-refractivity contribution in [2.24, 2.45) is 13.0 Å². The fourth-order valence-electron chi connectivity index (χ4n) is 2.55. The van der Waals surface area contributed by atoms with Crippen molar-refractivity contribution in [1.82, 2.24) is 20.1 Å². The van der Waals surface area contributed by atoms with E-state index >= 15 is 0 Å². The van der Waals surface area contributed by atoms with Gasteiger partial charge in [0.1, 0.15) is 0 Å². The minimum atomic E-state index is 0.0800. The Labute approximate surface area is 129 Å². The van der Waals surface area contributed by atoms with Gasteiger partial charge >= 0.3 is 0 Å². The van der Waals surface area contributed by atoms with Crippen LogP contribution in [0.25, 0.3) is 11.3 Å².